The monoisotopic (exact) mass is 392 g/mol. The van der Waals surface area contributed by atoms with Gasteiger partial charge in [-0.3, -0.25) is 4.79 Å². The molecule has 3 N–H and O–H groups in total. The van der Waals surface area contributed by atoms with E-state index < -0.39 is 17.1 Å². The summed E-state index contributed by atoms with van der Waals surface area (Å²) < 4.78 is 5.25. The van der Waals surface area contributed by atoms with Crippen LogP contribution in [0.1, 0.15) is 71.6 Å². The van der Waals surface area contributed by atoms with Crippen molar-refractivity contribution in [1.82, 2.24) is 0 Å². The van der Waals surface area contributed by atoms with Crippen molar-refractivity contribution < 1.29 is 24.9 Å². The van der Waals surface area contributed by atoms with Crippen LogP contribution in [0.3, 0.4) is 0 Å². The predicted molar refractivity (Wildman–Crippen MR) is 103 cm³/mol. The van der Waals surface area contributed by atoms with Crippen molar-refractivity contribution in [1.29, 1.82) is 0 Å². The lowest BCUT2D eigenvalue weighted by molar-refractivity contribution is -0.250. The molecule has 0 aromatic carbocycles. The fourth-order valence-corrected chi connectivity index (χ4v) is 8.77. The highest BCUT2D eigenvalue weighted by Crippen LogP contribution is 2.70. The van der Waals surface area contributed by atoms with Crippen molar-refractivity contribution in [3.63, 3.8) is 0 Å². The third kappa shape index (κ3) is 2.33. The lowest BCUT2D eigenvalue weighted by atomic mass is 9.42. The molecule has 28 heavy (non-hydrogen) atoms. The highest BCUT2D eigenvalue weighted by atomic mass is 16.5. The second-order valence-corrected chi connectivity index (χ2v) is 11.2. The van der Waals surface area contributed by atoms with Gasteiger partial charge in [-0.1, -0.05) is 13.8 Å². The molecule has 158 valence electrons. The van der Waals surface area contributed by atoms with Crippen LogP contribution in [0.2, 0.25) is 0 Å². The van der Waals surface area contributed by atoms with Gasteiger partial charge in [0.15, 0.2) is 0 Å². The quantitative estimate of drug-likeness (QED) is 0.597. The maximum absolute atomic E-state index is 12.2. The van der Waals surface area contributed by atoms with Crippen LogP contribution in [-0.4, -0.2) is 45.7 Å². The molecule has 4 saturated carbocycles. The number of rotatable bonds is 1. The number of hydrogen-bond acceptors (Lipinski definition) is 5. The van der Waals surface area contributed by atoms with Crippen LogP contribution in [0, 0.1) is 40.4 Å². The van der Waals surface area contributed by atoms with Crippen molar-refractivity contribution in [3.05, 3.63) is 0 Å². The minimum absolute atomic E-state index is 0.102. The summed E-state index contributed by atoms with van der Waals surface area (Å²) in [6.07, 6.45) is 6.78. The molecule has 0 radical (unpaired) electrons. The van der Waals surface area contributed by atoms with E-state index in [4.69, 9.17) is 4.74 Å². The van der Waals surface area contributed by atoms with E-state index in [-0.39, 0.29) is 35.2 Å². The van der Waals surface area contributed by atoms with Crippen LogP contribution in [-0.2, 0) is 9.53 Å². The number of carbonyl (C=O) groups excluding carboxylic acids is 1. The van der Waals surface area contributed by atoms with E-state index in [1.807, 2.05) is 0 Å². The first-order chi connectivity index (χ1) is 13.2. The Morgan fingerprint density at radius 1 is 0.964 bits per heavy atom. The molecule has 0 bridgehead atoms. The maximum atomic E-state index is 12.2. The minimum atomic E-state index is -0.865. The zero-order valence-electron chi connectivity index (χ0n) is 17.3. The second-order valence-electron chi connectivity index (χ2n) is 11.2. The third-order valence-corrected chi connectivity index (χ3v) is 10.4. The Labute approximate surface area is 167 Å². The summed E-state index contributed by atoms with van der Waals surface area (Å²) in [5.74, 6) is 1.14. The molecule has 0 spiro atoms. The molecule has 0 aromatic rings. The first-order valence-electron chi connectivity index (χ1n) is 11.4. The highest BCUT2D eigenvalue weighted by molar-refractivity contribution is 5.71. The molecule has 1 saturated heterocycles. The Bertz CT molecular complexity index is 665. The number of aliphatic hydroxyl groups is 3. The number of carbonyl (C=O) groups is 1. The van der Waals surface area contributed by atoms with Gasteiger partial charge in [-0.05, 0) is 80.5 Å². The van der Waals surface area contributed by atoms with E-state index in [1.165, 1.54) is 0 Å². The van der Waals surface area contributed by atoms with E-state index in [9.17, 15) is 20.1 Å². The molecule has 5 nitrogen and oxygen atoms in total. The average molecular weight is 393 g/mol. The van der Waals surface area contributed by atoms with Crippen molar-refractivity contribution >= 4 is 5.97 Å². The van der Waals surface area contributed by atoms with Gasteiger partial charge in [-0.2, -0.15) is 0 Å². The fraction of sp³-hybridized carbons (Fsp3) is 0.957. The smallest absolute Gasteiger partial charge is 0.306 e. The summed E-state index contributed by atoms with van der Waals surface area (Å²) >= 11 is 0. The maximum Gasteiger partial charge on any atom is 0.306 e. The zero-order chi connectivity index (χ0) is 19.9. The van der Waals surface area contributed by atoms with Crippen LogP contribution in [0.4, 0.5) is 0 Å². The van der Waals surface area contributed by atoms with Crippen molar-refractivity contribution in [2.24, 2.45) is 40.4 Å². The molecule has 4 aliphatic carbocycles. The predicted octanol–water partition coefficient (Wildman–Crippen LogP) is 2.66. The summed E-state index contributed by atoms with van der Waals surface area (Å²) in [5, 5.41) is 33.8. The molecular weight excluding hydrogens is 356 g/mol. The van der Waals surface area contributed by atoms with Crippen LogP contribution >= 0.6 is 0 Å². The van der Waals surface area contributed by atoms with E-state index in [1.54, 1.807) is 0 Å². The summed E-state index contributed by atoms with van der Waals surface area (Å²) in [6.45, 7) is 4.89. The summed E-state index contributed by atoms with van der Waals surface area (Å²) in [4.78, 5) is 11.7. The fourth-order valence-electron chi connectivity index (χ4n) is 8.77. The van der Waals surface area contributed by atoms with Gasteiger partial charge in [0.1, 0.15) is 0 Å². The van der Waals surface area contributed by atoms with Gasteiger partial charge >= 0.3 is 5.97 Å². The average Bonchev–Trinajstić information content (AvgIpc) is 3.19. The number of hydrogen-bond donors (Lipinski definition) is 3. The van der Waals surface area contributed by atoms with Crippen molar-refractivity contribution in [2.45, 2.75) is 89.4 Å². The largest absolute Gasteiger partial charge is 0.465 e. The van der Waals surface area contributed by atoms with Crippen LogP contribution < -0.4 is 0 Å². The molecule has 5 rings (SSSR count). The van der Waals surface area contributed by atoms with Crippen molar-refractivity contribution in [2.75, 3.05) is 6.61 Å². The summed E-state index contributed by atoms with van der Waals surface area (Å²) in [7, 11) is 0. The Kier molecular flexibility index (Phi) is 4.26. The van der Waals surface area contributed by atoms with Gasteiger partial charge in [-0.15, -0.1) is 0 Å². The minimum Gasteiger partial charge on any atom is -0.465 e. The molecule has 5 aliphatic rings. The van der Waals surface area contributed by atoms with Gasteiger partial charge in [0.25, 0.3) is 0 Å². The van der Waals surface area contributed by atoms with Crippen LogP contribution in [0.5, 0.6) is 0 Å². The Morgan fingerprint density at radius 3 is 2.46 bits per heavy atom. The van der Waals surface area contributed by atoms with E-state index in [0.29, 0.717) is 24.9 Å². The summed E-state index contributed by atoms with van der Waals surface area (Å²) in [6, 6.07) is 0. The van der Waals surface area contributed by atoms with Crippen molar-refractivity contribution in [3.8, 4) is 0 Å². The molecule has 10 atom stereocenters. The van der Waals surface area contributed by atoms with E-state index in [2.05, 4.69) is 13.8 Å². The molecule has 1 aliphatic heterocycles. The second kappa shape index (κ2) is 6.18. The van der Waals surface area contributed by atoms with E-state index >= 15 is 0 Å². The van der Waals surface area contributed by atoms with Gasteiger partial charge in [0.2, 0.25) is 0 Å². The standard InChI is InChI=1S/C23H36O5/c1-21-7-5-15(24)10-14(21)3-4-17-18(21)11-19(25)22(2)16(6-8-23(17,22)27)13-9-20(26)28-12-13/h13-19,24-25,27H,3-12H2,1-2H3/t13-,14+,15-,16+,17?,18-,19+,21-,22-,23-/m0/s1. The summed E-state index contributed by atoms with van der Waals surface area (Å²) in [5.41, 5.74) is -1.33. The first kappa shape index (κ1) is 19.3. The van der Waals surface area contributed by atoms with Crippen LogP contribution in [0.15, 0.2) is 0 Å². The molecule has 1 unspecified atom stereocenters. The zero-order valence-corrected chi connectivity index (χ0v) is 17.3. The van der Waals surface area contributed by atoms with Gasteiger partial charge < -0.3 is 20.1 Å². The highest BCUT2D eigenvalue weighted by Gasteiger charge is 2.71. The Balaban J connectivity index is 1.48. The lowest BCUT2D eigenvalue weighted by Gasteiger charge is -2.65. The molecule has 0 amide bonds. The topological polar surface area (TPSA) is 87.0 Å². The van der Waals surface area contributed by atoms with Gasteiger partial charge in [0, 0.05) is 11.3 Å². The lowest BCUT2D eigenvalue weighted by Crippen LogP contribution is -2.67. The molecule has 5 heteroatoms. The number of cyclic esters (lactones) is 1. The normalized spacial score (nSPS) is 58.6. The Hall–Kier alpha value is -0.650. The number of fused-ring (bicyclic) bond motifs is 5. The van der Waals surface area contributed by atoms with Gasteiger partial charge in [-0.25, -0.2) is 0 Å². The van der Waals surface area contributed by atoms with Crippen LogP contribution in [0.25, 0.3) is 0 Å². The molecule has 1 heterocycles. The molecule has 5 fully saturated rings. The Morgan fingerprint density at radius 2 is 1.75 bits per heavy atom. The number of ether oxygens (including phenoxy) is 1. The number of aliphatic hydroxyl groups excluding tert-OH is 2. The van der Waals surface area contributed by atoms with Gasteiger partial charge in [0.05, 0.1) is 30.8 Å². The molecule has 0 aromatic heterocycles. The van der Waals surface area contributed by atoms with E-state index in [0.717, 1.165) is 51.4 Å². The number of esters is 1. The SMILES string of the molecule is C[C@]12CC[C@H](O)C[C@H]1CCC1[C@@H]2C[C@@H](O)[C@]2(C)[C@@H]([C@@H]3COC(=O)C3)CC[C@]12O. The first-order valence-corrected chi connectivity index (χ1v) is 11.4. The third-order valence-electron chi connectivity index (χ3n) is 10.4. The molecular formula is C23H36O5.